The van der Waals surface area contributed by atoms with Crippen molar-refractivity contribution in [2.45, 2.75) is 27.8 Å². The van der Waals surface area contributed by atoms with Crippen molar-refractivity contribution in [2.24, 2.45) is 0 Å². The maximum atomic E-state index is 12.9. The zero-order valence-corrected chi connectivity index (χ0v) is 14.1. The van der Waals surface area contributed by atoms with Crippen LogP contribution >= 0.6 is 11.3 Å². The third kappa shape index (κ3) is 3.83. The van der Waals surface area contributed by atoms with E-state index in [2.05, 4.69) is 0 Å². The number of hydrogen-bond donors (Lipinski definition) is 2. The van der Waals surface area contributed by atoms with Crippen molar-refractivity contribution in [3.8, 4) is 0 Å². The van der Waals surface area contributed by atoms with Crippen LogP contribution in [0.2, 0.25) is 0 Å². The predicted octanol–water partition coefficient (Wildman–Crippen LogP) is 2.97. The van der Waals surface area contributed by atoms with Gasteiger partial charge in [0.05, 0.1) is 9.90 Å². The fourth-order valence-corrected chi connectivity index (χ4v) is 4.23. The molecular weight excluding hydrogens is 386 g/mol. The molecule has 0 radical (unpaired) electrons. The Morgan fingerprint density at radius 1 is 1.12 bits per heavy atom. The number of hydrogen-bond acceptors (Lipinski definition) is 5. The monoisotopic (exact) mass is 397 g/mol. The van der Waals surface area contributed by atoms with Crippen molar-refractivity contribution in [3.05, 3.63) is 42.2 Å². The van der Waals surface area contributed by atoms with Crippen LogP contribution in [0.25, 0.3) is 0 Å². The highest BCUT2D eigenvalue weighted by Crippen LogP contribution is 2.34. The van der Waals surface area contributed by atoms with Gasteiger partial charge in [-0.2, -0.15) is 13.2 Å². The fourth-order valence-electron chi connectivity index (χ4n) is 1.62. The molecule has 0 saturated carbocycles. The average Bonchev–Trinajstić information content (AvgIpc) is 2.95. The first-order chi connectivity index (χ1) is 11.4. The second-order valence-electron chi connectivity index (χ2n) is 5.10. The van der Waals surface area contributed by atoms with Gasteiger partial charge in [0.25, 0.3) is 5.91 Å². The summed E-state index contributed by atoms with van der Waals surface area (Å²) >= 11 is 0.502. The van der Waals surface area contributed by atoms with Crippen molar-refractivity contribution in [3.63, 3.8) is 0 Å². The molecule has 1 aromatic carbocycles. The van der Waals surface area contributed by atoms with Crippen molar-refractivity contribution >= 4 is 32.1 Å². The number of carbonyl (C=O) groups excluding carboxylic acids is 1. The van der Waals surface area contributed by atoms with Crippen molar-refractivity contribution in [1.29, 1.82) is 0 Å². The number of benzene rings is 1. The van der Waals surface area contributed by atoms with Crippen LogP contribution in [-0.2, 0) is 14.6 Å². The van der Waals surface area contributed by atoms with E-state index in [0.717, 1.165) is 36.4 Å². The zero-order valence-electron chi connectivity index (χ0n) is 12.5. The average molecular weight is 397 g/mol. The van der Waals surface area contributed by atoms with Gasteiger partial charge in [-0.3, -0.25) is 4.79 Å². The summed E-state index contributed by atoms with van der Waals surface area (Å²) in [5.74, 6) is -2.37. The summed E-state index contributed by atoms with van der Waals surface area (Å²) in [6.07, 6.45) is -5.20. The number of aliphatic hydroxyl groups is 1. The molecule has 2 rings (SSSR count). The summed E-state index contributed by atoms with van der Waals surface area (Å²) in [7, 11) is -4.02. The van der Waals surface area contributed by atoms with Gasteiger partial charge in [-0.05, 0) is 43.3 Å². The van der Waals surface area contributed by atoms with Gasteiger partial charge in [0.1, 0.15) is 10.0 Å². The number of nitrogens with one attached hydrogen (secondary N) is 1. The van der Waals surface area contributed by atoms with Crippen LogP contribution in [0.1, 0.15) is 6.92 Å². The van der Waals surface area contributed by atoms with Crippen molar-refractivity contribution in [1.82, 2.24) is 0 Å². The number of carbonyl (C=O) groups is 1. The molecule has 1 heterocycles. The van der Waals surface area contributed by atoms with E-state index < -0.39 is 33.3 Å². The molecule has 136 valence electrons. The van der Waals surface area contributed by atoms with Crippen molar-refractivity contribution in [2.75, 3.05) is 5.32 Å². The highest BCUT2D eigenvalue weighted by molar-refractivity contribution is 7.93. The van der Waals surface area contributed by atoms with E-state index in [0.29, 0.717) is 11.3 Å². The Hall–Kier alpha value is -1.98. The van der Waals surface area contributed by atoms with Crippen LogP contribution in [-0.4, -0.2) is 31.2 Å². The molecule has 1 aromatic heterocycles. The van der Waals surface area contributed by atoms with E-state index in [1.54, 1.807) is 0 Å². The van der Waals surface area contributed by atoms with Crippen LogP contribution in [0.4, 0.5) is 22.6 Å². The first kappa shape index (κ1) is 19.3. The first-order valence-corrected chi connectivity index (χ1v) is 8.87. The number of thiophene rings is 1. The summed E-state index contributed by atoms with van der Waals surface area (Å²) in [5, 5.41) is 10.9. The lowest BCUT2D eigenvalue weighted by molar-refractivity contribution is -0.242. The molecule has 1 amide bonds. The minimum atomic E-state index is -5.20. The summed E-state index contributed by atoms with van der Waals surface area (Å²) in [6.45, 7) is 0.284. The first-order valence-electron chi connectivity index (χ1n) is 6.57. The van der Waals surface area contributed by atoms with Gasteiger partial charge < -0.3 is 10.4 Å². The van der Waals surface area contributed by atoms with Gasteiger partial charge in [-0.15, -0.1) is 11.3 Å². The maximum Gasteiger partial charge on any atom is 0.426 e. The third-order valence-electron chi connectivity index (χ3n) is 3.20. The lowest BCUT2D eigenvalue weighted by Crippen LogP contribution is -2.52. The molecule has 5 nitrogen and oxygen atoms in total. The summed E-state index contributed by atoms with van der Waals surface area (Å²) in [4.78, 5) is 11.4. The molecule has 2 aromatic rings. The number of halogens is 4. The molecule has 1 atom stereocenters. The molecule has 25 heavy (non-hydrogen) atoms. The fraction of sp³-hybridized carbons (Fsp3) is 0.214. The van der Waals surface area contributed by atoms with Crippen LogP contribution in [0.15, 0.2) is 45.5 Å². The molecule has 0 aliphatic rings. The molecule has 11 heteroatoms. The third-order valence-corrected chi connectivity index (χ3v) is 6.46. The van der Waals surface area contributed by atoms with Crippen LogP contribution in [0.5, 0.6) is 0 Å². The van der Waals surface area contributed by atoms with E-state index in [1.165, 1.54) is 0 Å². The summed E-state index contributed by atoms with van der Waals surface area (Å²) in [6, 6.07) is 6.15. The van der Waals surface area contributed by atoms with E-state index in [9.17, 15) is 35.9 Å². The van der Waals surface area contributed by atoms with E-state index in [4.69, 9.17) is 0 Å². The van der Waals surface area contributed by atoms with E-state index in [1.807, 2.05) is 5.32 Å². The molecule has 0 fully saturated rings. The Morgan fingerprint density at radius 2 is 1.68 bits per heavy atom. The second-order valence-corrected chi connectivity index (χ2v) is 8.36. The van der Waals surface area contributed by atoms with Gasteiger partial charge in [0.2, 0.25) is 15.4 Å². The standard InChI is InChI=1S/C14H11F4NO4S2/c1-13(21,14(16,17)18)12(20)19-10-6-7-11(24-10)25(22,23)9-4-2-8(15)3-5-9/h2-7,21H,1H3,(H,19,20). The lowest BCUT2D eigenvalue weighted by atomic mass is 10.1. The molecule has 0 saturated heterocycles. The Bertz CT molecular complexity index is 886. The molecule has 2 N–H and O–H groups in total. The van der Waals surface area contributed by atoms with E-state index in [-0.39, 0.29) is 21.0 Å². The van der Waals surface area contributed by atoms with Crippen LogP contribution in [0.3, 0.4) is 0 Å². The lowest BCUT2D eigenvalue weighted by Gasteiger charge is -2.24. The number of rotatable bonds is 4. The Labute approximate surface area is 143 Å². The quantitative estimate of drug-likeness (QED) is 0.614. The number of anilines is 1. The molecule has 0 spiro atoms. The number of sulfone groups is 1. The topological polar surface area (TPSA) is 83.5 Å². The Kier molecular flexibility index (Phi) is 4.94. The predicted molar refractivity (Wildman–Crippen MR) is 81.5 cm³/mol. The highest BCUT2D eigenvalue weighted by Gasteiger charge is 2.55. The van der Waals surface area contributed by atoms with Gasteiger partial charge in [0, 0.05) is 0 Å². The number of amides is 1. The minimum Gasteiger partial charge on any atom is -0.373 e. The molecular formula is C14H11F4NO4S2. The number of alkyl halides is 3. The normalized spacial score (nSPS) is 14.8. The van der Waals surface area contributed by atoms with Gasteiger partial charge >= 0.3 is 6.18 Å². The minimum absolute atomic E-state index is 0.199. The Morgan fingerprint density at radius 3 is 2.20 bits per heavy atom. The highest BCUT2D eigenvalue weighted by atomic mass is 32.2. The largest absolute Gasteiger partial charge is 0.426 e. The zero-order chi connectivity index (χ0) is 19.0. The van der Waals surface area contributed by atoms with Gasteiger partial charge in [0.15, 0.2) is 0 Å². The SMILES string of the molecule is CC(O)(C(=O)Nc1ccc(S(=O)(=O)c2ccc(F)cc2)s1)C(F)(F)F. The smallest absolute Gasteiger partial charge is 0.373 e. The molecule has 1 unspecified atom stereocenters. The van der Waals surface area contributed by atoms with Crippen LogP contribution in [0, 0.1) is 5.82 Å². The van der Waals surface area contributed by atoms with Crippen molar-refractivity contribution < 1.29 is 35.9 Å². The molecule has 0 aliphatic heterocycles. The maximum absolute atomic E-state index is 12.9. The van der Waals surface area contributed by atoms with Crippen LogP contribution < -0.4 is 5.32 Å². The van der Waals surface area contributed by atoms with Gasteiger partial charge in [-0.1, -0.05) is 0 Å². The summed E-state index contributed by atoms with van der Waals surface area (Å²) < 4.78 is 75.1. The second kappa shape index (κ2) is 6.39. The molecule has 0 bridgehead atoms. The van der Waals surface area contributed by atoms with E-state index >= 15 is 0 Å². The Balaban J connectivity index is 2.26. The summed E-state index contributed by atoms with van der Waals surface area (Å²) in [5.41, 5.74) is -3.63. The molecule has 0 aliphatic carbocycles. The van der Waals surface area contributed by atoms with Gasteiger partial charge in [-0.25, -0.2) is 12.8 Å².